The van der Waals surface area contributed by atoms with Gasteiger partial charge < -0.3 is 19.5 Å². The molecule has 1 aliphatic rings. The number of carbonyl (C=O) groups is 3. The summed E-state index contributed by atoms with van der Waals surface area (Å²) in [7, 11) is 5.85. The normalized spacial score (nSPS) is 13.5. The van der Waals surface area contributed by atoms with Crippen LogP contribution in [-0.4, -0.2) is 62.5 Å². The first-order valence-corrected chi connectivity index (χ1v) is 14.9. The average molecular weight is 651 g/mol. The molecule has 0 fully saturated rings. The standard InChI is InChI=1S/C28H36BINO6P/c1-35-14-5-9-25(32)22-8-4-7-20-24(18-37-27(34)17-29(30)38)23-16-19(11-12-21(23)28(20)22)6-3-10-26(33)31-13-15-36-2/h4,7-8,11-12,16,24H,3,5-6,9-10,13-15,17-18,38H2,1-2H3,(H,31,33). The van der Waals surface area contributed by atoms with Crippen molar-refractivity contribution in [2.45, 2.75) is 44.3 Å². The predicted octanol–water partition coefficient (Wildman–Crippen LogP) is 4.84. The van der Waals surface area contributed by atoms with Crippen molar-refractivity contribution in [1.29, 1.82) is 0 Å². The Morgan fingerprint density at radius 2 is 1.82 bits per heavy atom. The minimum absolute atomic E-state index is 0.0136. The third-order valence-electron chi connectivity index (χ3n) is 6.56. The summed E-state index contributed by atoms with van der Waals surface area (Å²) in [6, 6.07) is 12.1. The monoisotopic (exact) mass is 651 g/mol. The lowest BCUT2D eigenvalue weighted by molar-refractivity contribution is -0.141. The second-order valence-electron chi connectivity index (χ2n) is 9.36. The zero-order chi connectivity index (χ0) is 27.5. The van der Waals surface area contributed by atoms with Crippen LogP contribution in [0, 0.1) is 0 Å². The molecule has 2 aromatic carbocycles. The number of aryl methyl sites for hydroxylation is 1. The number of rotatable bonds is 16. The first kappa shape index (κ1) is 30.7. The second-order valence-corrected chi connectivity index (χ2v) is 13.1. The van der Waals surface area contributed by atoms with Crippen LogP contribution < -0.4 is 5.32 Å². The molecule has 0 heterocycles. The summed E-state index contributed by atoms with van der Waals surface area (Å²) in [5.74, 6) is -0.288. The van der Waals surface area contributed by atoms with E-state index in [1.165, 1.54) is 0 Å². The van der Waals surface area contributed by atoms with E-state index >= 15 is 0 Å². The van der Waals surface area contributed by atoms with Gasteiger partial charge in [0.25, 0.3) is 10.3 Å². The number of carbonyl (C=O) groups excluding carboxylic acids is 3. The summed E-state index contributed by atoms with van der Waals surface area (Å²) in [5.41, 5.74) is 5.83. The van der Waals surface area contributed by atoms with E-state index in [1.54, 1.807) is 14.2 Å². The molecule has 0 bridgehead atoms. The number of nitrogens with one attached hydrogen (secondary N) is 1. The zero-order valence-electron chi connectivity index (χ0n) is 22.1. The fraction of sp³-hybridized carbons (Fsp3) is 0.464. The minimum Gasteiger partial charge on any atom is -0.465 e. The van der Waals surface area contributed by atoms with E-state index in [0.29, 0.717) is 50.9 Å². The van der Waals surface area contributed by atoms with Crippen molar-refractivity contribution >= 4 is 53.4 Å². The van der Waals surface area contributed by atoms with Crippen LogP contribution in [0.15, 0.2) is 36.4 Å². The number of Topliss-reactive ketones (excluding diaryl/α,β-unsaturated/α-hetero) is 1. The van der Waals surface area contributed by atoms with Crippen LogP contribution in [0.2, 0.25) is 6.32 Å². The smallest absolute Gasteiger partial charge is 0.299 e. The van der Waals surface area contributed by atoms with E-state index in [9.17, 15) is 14.4 Å². The van der Waals surface area contributed by atoms with E-state index in [-0.39, 0.29) is 34.5 Å². The number of hydrogen-bond acceptors (Lipinski definition) is 6. The Hall–Kier alpha value is -1.81. The number of ketones is 1. The topological polar surface area (TPSA) is 90.9 Å². The quantitative estimate of drug-likeness (QED) is 0.0699. The molecule has 0 spiro atoms. The van der Waals surface area contributed by atoms with Crippen molar-refractivity contribution in [1.82, 2.24) is 5.32 Å². The third-order valence-corrected chi connectivity index (χ3v) is 7.23. The van der Waals surface area contributed by atoms with Crippen molar-refractivity contribution in [3.8, 4) is 11.1 Å². The molecule has 0 aromatic heterocycles. The van der Waals surface area contributed by atoms with E-state index in [0.717, 1.165) is 40.7 Å². The van der Waals surface area contributed by atoms with Crippen molar-refractivity contribution in [2.75, 3.05) is 40.6 Å². The lowest BCUT2D eigenvalue weighted by Crippen LogP contribution is -2.26. The van der Waals surface area contributed by atoms with Crippen LogP contribution >= 0.6 is 31.5 Å². The van der Waals surface area contributed by atoms with Crippen LogP contribution in [0.3, 0.4) is 0 Å². The number of ether oxygens (including phenoxy) is 3. The van der Waals surface area contributed by atoms with Gasteiger partial charge in [-0.3, -0.25) is 14.4 Å². The van der Waals surface area contributed by atoms with Crippen LogP contribution in [0.25, 0.3) is 11.1 Å². The maximum absolute atomic E-state index is 13.2. The summed E-state index contributed by atoms with van der Waals surface area (Å²) in [6.45, 7) is 1.76. The minimum atomic E-state index is -0.239. The summed E-state index contributed by atoms with van der Waals surface area (Å²) >= 11 is 2.18. The molecule has 0 saturated heterocycles. The van der Waals surface area contributed by atoms with Gasteiger partial charge in [-0.2, -0.15) is 9.12 Å². The van der Waals surface area contributed by atoms with Gasteiger partial charge in [0.1, 0.15) is 6.61 Å². The molecule has 1 amide bonds. The molecule has 2 atom stereocenters. The Morgan fingerprint density at radius 3 is 2.55 bits per heavy atom. The number of esters is 1. The summed E-state index contributed by atoms with van der Waals surface area (Å²) in [6.07, 6.45) is 3.31. The number of hydrogen-bond donors (Lipinski definition) is 1. The Kier molecular flexibility index (Phi) is 12.7. The number of amides is 1. The Morgan fingerprint density at radius 1 is 1.03 bits per heavy atom. The summed E-state index contributed by atoms with van der Waals surface area (Å²) < 4.78 is 15.9. The van der Waals surface area contributed by atoms with E-state index in [2.05, 4.69) is 55.0 Å². The molecule has 7 nitrogen and oxygen atoms in total. The lowest BCUT2D eigenvalue weighted by atomic mass is 9.93. The van der Waals surface area contributed by atoms with E-state index < -0.39 is 0 Å². The van der Waals surface area contributed by atoms with Gasteiger partial charge in [0.05, 0.1) is 6.61 Å². The molecule has 1 N–H and O–H groups in total. The Balaban J connectivity index is 1.83. The van der Waals surface area contributed by atoms with Gasteiger partial charge in [-0.15, -0.1) is 22.4 Å². The third kappa shape index (κ3) is 8.60. The van der Waals surface area contributed by atoms with Gasteiger partial charge in [0, 0.05) is 58.0 Å². The molecule has 204 valence electrons. The lowest BCUT2D eigenvalue weighted by Gasteiger charge is -2.15. The van der Waals surface area contributed by atoms with Crippen LogP contribution in [0.1, 0.15) is 58.6 Å². The Labute approximate surface area is 241 Å². The highest BCUT2D eigenvalue weighted by Gasteiger charge is 2.33. The fourth-order valence-corrected chi connectivity index (χ4v) is 5.32. The maximum Gasteiger partial charge on any atom is 0.299 e. The largest absolute Gasteiger partial charge is 0.465 e. The number of halogens is 1. The van der Waals surface area contributed by atoms with Crippen molar-refractivity contribution in [3.05, 3.63) is 58.7 Å². The molecule has 3 rings (SSSR count). The molecule has 2 unspecified atom stereocenters. The molecule has 0 saturated carbocycles. The highest BCUT2D eigenvalue weighted by Crippen LogP contribution is 2.47. The van der Waals surface area contributed by atoms with Crippen LogP contribution in [-0.2, 0) is 30.2 Å². The average Bonchev–Trinajstić information content (AvgIpc) is 3.20. The molecule has 0 radical (unpaired) electrons. The van der Waals surface area contributed by atoms with E-state index in [1.807, 2.05) is 18.2 Å². The van der Waals surface area contributed by atoms with Crippen LogP contribution in [0.4, 0.5) is 0 Å². The Bertz CT molecular complexity index is 1130. The molecular weight excluding hydrogens is 615 g/mol. The first-order chi connectivity index (χ1) is 18.3. The molecule has 38 heavy (non-hydrogen) atoms. The van der Waals surface area contributed by atoms with E-state index in [4.69, 9.17) is 14.2 Å². The van der Waals surface area contributed by atoms with Gasteiger partial charge in [-0.1, -0.05) is 36.4 Å². The number of methoxy groups -OCH3 is 2. The number of fused-ring (bicyclic) bond motifs is 3. The van der Waals surface area contributed by atoms with Crippen molar-refractivity contribution in [3.63, 3.8) is 0 Å². The highest BCUT2D eigenvalue weighted by molar-refractivity contribution is 14.1. The first-order valence-electron chi connectivity index (χ1n) is 12.9. The van der Waals surface area contributed by atoms with Gasteiger partial charge in [-0.25, -0.2) is 0 Å². The maximum atomic E-state index is 13.2. The van der Waals surface area contributed by atoms with Crippen molar-refractivity contribution in [2.24, 2.45) is 0 Å². The van der Waals surface area contributed by atoms with Crippen molar-refractivity contribution < 1.29 is 28.6 Å². The van der Waals surface area contributed by atoms with Gasteiger partial charge in [-0.05, 0) is 47.1 Å². The molecule has 1 aliphatic carbocycles. The van der Waals surface area contributed by atoms with Crippen LogP contribution in [0.5, 0.6) is 0 Å². The molecule has 2 aromatic rings. The molecule has 10 heteroatoms. The predicted molar refractivity (Wildman–Crippen MR) is 162 cm³/mol. The van der Waals surface area contributed by atoms with Gasteiger partial charge in [0.15, 0.2) is 5.78 Å². The SMILES string of the molecule is COCCCC(=O)c1cccc2c1-c1ccc(CCCC(=O)NCCOC)cc1C2COC(=O)CB(P)I. The summed E-state index contributed by atoms with van der Waals surface area (Å²) in [4.78, 5) is 37.6. The molecule has 0 aliphatic heterocycles. The highest BCUT2D eigenvalue weighted by atomic mass is 127. The van der Waals surface area contributed by atoms with Gasteiger partial charge >= 0.3 is 0 Å². The number of benzene rings is 2. The summed E-state index contributed by atoms with van der Waals surface area (Å²) in [5, 5.41) is 2.85. The second kappa shape index (κ2) is 15.7. The van der Waals surface area contributed by atoms with Gasteiger partial charge in [0.2, 0.25) is 5.91 Å². The molecular formula is C28H36BINO6P. The zero-order valence-corrected chi connectivity index (χ0v) is 25.4. The fourth-order valence-electron chi connectivity index (χ4n) is 4.76.